The molecule has 1 heterocycles. The number of anilines is 2. The number of nitrogens with one attached hydrogen (secondary N) is 2. The number of piperidine rings is 1. The standard InChI is InChI=1S/C27H29N3O3/c1-19(26(32)28-23-12-6-5-11-22(23)20-9-3-2-4-10-20)30-17-15-21(16-18-30)27(33)29-24-13-7-8-14-25(24)31/h2-14,19,21,31H,15-18H2,1H3,(H,28,32)(H,29,33)/t19-/m1/s1. The number of phenolic OH excluding ortho intramolecular Hbond substituents is 1. The van der Waals surface area contributed by atoms with E-state index >= 15 is 0 Å². The fourth-order valence-electron chi connectivity index (χ4n) is 4.23. The van der Waals surface area contributed by atoms with Gasteiger partial charge in [0.25, 0.3) is 0 Å². The topological polar surface area (TPSA) is 81.7 Å². The summed E-state index contributed by atoms with van der Waals surface area (Å²) in [5.41, 5.74) is 3.25. The molecule has 1 aliphatic rings. The van der Waals surface area contributed by atoms with E-state index in [0.29, 0.717) is 31.6 Å². The Balaban J connectivity index is 1.34. The molecule has 0 radical (unpaired) electrons. The van der Waals surface area contributed by atoms with E-state index < -0.39 is 0 Å². The van der Waals surface area contributed by atoms with Gasteiger partial charge in [-0.3, -0.25) is 14.5 Å². The Labute approximate surface area is 194 Å². The van der Waals surface area contributed by atoms with Gasteiger partial charge in [0.1, 0.15) is 5.75 Å². The van der Waals surface area contributed by atoms with E-state index in [0.717, 1.165) is 16.8 Å². The van der Waals surface area contributed by atoms with Crippen molar-refractivity contribution in [1.29, 1.82) is 0 Å². The Morgan fingerprint density at radius 1 is 0.848 bits per heavy atom. The van der Waals surface area contributed by atoms with Gasteiger partial charge in [0.2, 0.25) is 11.8 Å². The number of carbonyl (C=O) groups is 2. The first kappa shape index (κ1) is 22.6. The maximum absolute atomic E-state index is 13.0. The monoisotopic (exact) mass is 443 g/mol. The number of rotatable bonds is 6. The van der Waals surface area contributed by atoms with Crippen LogP contribution in [0.15, 0.2) is 78.9 Å². The van der Waals surface area contributed by atoms with Crippen LogP contribution in [0.1, 0.15) is 19.8 Å². The van der Waals surface area contributed by atoms with Gasteiger partial charge < -0.3 is 15.7 Å². The second-order valence-corrected chi connectivity index (χ2v) is 8.39. The van der Waals surface area contributed by atoms with Crippen molar-refractivity contribution in [2.24, 2.45) is 5.92 Å². The molecule has 0 aliphatic carbocycles. The molecule has 3 aromatic rings. The van der Waals surface area contributed by atoms with Crippen molar-refractivity contribution in [2.75, 3.05) is 23.7 Å². The number of para-hydroxylation sites is 3. The van der Waals surface area contributed by atoms with Gasteiger partial charge >= 0.3 is 0 Å². The Kier molecular flexibility index (Phi) is 7.05. The first-order valence-electron chi connectivity index (χ1n) is 11.3. The van der Waals surface area contributed by atoms with Crippen LogP contribution in [-0.2, 0) is 9.59 Å². The molecule has 4 rings (SSSR count). The van der Waals surface area contributed by atoms with Crippen LogP contribution in [0.25, 0.3) is 11.1 Å². The van der Waals surface area contributed by atoms with Crippen LogP contribution in [0.2, 0.25) is 0 Å². The van der Waals surface area contributed by atoms with Crippen molar-refractivity contribution in [1.82, 2.24) is 4.90 Å². The highest BCUT2D eigenvalue weighted by Crippen LogP contribution is 2.29. The van der Waals surface area contributed by atoms with Crippen molar-refractivity contribution in [3.05, 3.63) is 78.9 Å². The predicted molar refractivity (Wildman–Crippen MR) is 131 cm³/mol. The maximum atomic E-state index is 13.0. The molecule has 0 saturated carbocycles. The van der Waals surface area contributed by atoms with Crippen LogP contribution in [0, 0.1) is 5.92 Å². The number of phenols is 1. The van der Waals surface area contributed by atoms with Gasteiger partial charge in [0.15, 0.2) is 0 Å². The van der Waals surface area contributed by atoms with Gasteiger partial charge in [-0.25, -0.2) is 0 Å². The molecule has 3 aromatic carbocycles. The molecule has 0 aromatic heterocycles. The zero-order valence-corrected chi connectivity index (χ0v) is 18.7. The molecular formula is C27H29N3O3. The maximum Gasteiger partial charge on any atom is 0.241 e. The van der Waals surface area contributed by atoms with Gasteiger partial charge in [-0.1, -0.05) is 60.7 Å². The van der Waals surface area contributed by atoms with Gasteiger partial charge in [-0.05, 0) is 56.6 Å². The van der Waals surface area contributed by atoms with Crippen LogP contribution in [-0.4, -0.2) is 41.0 Å². The highest BCUT2D eigenvalue weighted by atomic mass is 16.3. The zero-order valence-electron chi connectivity index (χ0n) is 18.7. The second-order valence-electron chi connectivity index (χ2n) is 8.39. The Morgan fingerprint density at radius 2 is 1.45 bits per heavy atom. The van der Waals surface area contributed by atoms with Crippen LogP contribution < -0.4 is 10.6 Å². The lowest BCUT2D eigenvalue weighted by Crippen LogP contribution is -2.47. The summed E-state index contributed by atoms with van der Waals surface area (Å²) in [5.74, 6) is -0.236. The average molecular weight is 444 g/mol. The summed E-state index contributed by atoms with van der Waals surface area (Å²) >= 11 is 0. The van der Waals surface area contributed by atoms with Crippen LogP contribution >= 0.6 is 0 Å². The fraction of sp³-hybridized carbons (Fsp3) is 0.259. The summed E-state index contributed by atoms with van der Waals surface area (Å²) in [6.45, 7) is 3.23. The molecule has 6 heteroatoms. The summed E-state index contributed by atoms with van der Waals surface area (Å²) in [6, 6.07) is 24.2. The van der Waals surface area contributed by atoms with Crippen molar-refractivity contribution in [3.8, 4) is 16.9 Å². The molecule has 0 spiro atoms. The van der Waals surface area contributed by atoms with Crippen molar-refractivity contribution in [3.63, 3.8) is 0 Å². The van der Waals surface area contributed by atoms with Gasteiger partial charge in [-0.15, -0.1) is 0 Å². The summed E-state index contributed by atoms with van der Waals surface area (Å²) < 4.78 is 0. The van der Waals surface area contributed by atoms with Gasteiger partial charge in [0.05, 0.1) is 11.7 Å². The van der Waals surface area contributed by atoms with Crippen LogP contribution in [0.4, 0.5) is 11.4 Å². The molecule has 33 heavy (non-hydrogen) atoms. The lowest BCUT2D eigenvalue weighted by molar-refractivity contribution is -0.123. The SMILES string of the molecule is C[C@H](C(=O)Nc1ccccc1-c1ccccc1)N1CCC(C(=O)Nc2ccccc2O)CC1. The largest absolute Gasteiger partial charge is 0.506 e. The zero-order chi connectivity index (χ0) is 23.2. The third-order valence-corrected chi connectivity index (χ3v) is 6.26. The smallest absolute Gasteiger partial charge is 0.241 e. The number of benzene rings is 3. The number of amides is 2. The minimum atomic E-state index is -0.309. The summed E-state index contributed by atoms with van der Waals surface area (Å²) in [7, 11) is 0. The molecule has 1 aliphatic heterocycles. The Bertz CT molecular complexity index is 1110. The summed E-state index contributed by atoms with van der Waals surface area (Å²) in [4.78, 5) is 27.8. The average Bonchev–Trinajstić information content (AvgIpc) is 2.86. The molecule has 1 saturated heterocycles. The quantitative estimate of drug-likeness (QED) is 0.481. The highest BCUT2D eigenvalue weighted by molar-refractivity contribution is 5.98. The van der Waals surface area contributed by atoms with Crippen LogP contribution in [0.3, 0.4) is 0 Å². The van der Waals surface area contributed by atoms with E-state index in [-0.39, 0.29) is 29.5 Å². The molecule has 170 valence electrons. The van der Waals surface area contributed by atoms with E-state index in [2.05, 4.69) is 15.5 Å². The number of hydrogen-bond donors (Lipinski definition) is 3. The number of hydrogen-bond acceptors (Lipinski definition) is 4. The van der Waals surface area contributed by atoms with E-state index in [1.807, 2.05) is 61.5 Å². The molecule has 3 N–H and O–H groups in total. The summed E-state index contributed by atoms with van der Waals surface area (Å²) in [5, 5.41) is 15.8. The third-order valence-electron chi connectivity index (χ3n) is 6.26. The number of nitrogens with zero attached hydrogens (tertiary/aromatic N) is 1. The molecule has 1 fully saturated rings. The van der Waals surface area contributed by atoms with Crippen LogP contribution in [0.5, 0.6) is 5.75 Å². The third kappa shape index (κ3) is 5.41. The predicted octanol–water partition coefficient (Wildman–Crippen LogP) is 4.74. The second kappa shape index (κ2) is 10.3. The molecule has 0 unspecified atom stereocenters. The van der Waals surface area contributed by atoms with E-state index in [4.69, 9.17) is 0 Å². The Morgan fingerprint density at radius 3 is 2.15 bits per heavy atom. The summed E-state index contributed by atoms with van der Waals surface area (Å²) in [6.07, 6.45) is 1.33. The lowest BCUT2D eigenvalue weighted by atomic mass is 9.94. The van der Waals surface area contributed by atoms with Crippen molar-refractivity contribution in [2.45, 2.75) is 25.8 Å². The first-order chi connectivity index (χ1) is 16.0. The van der Waals surface area contributed by atoms with E-state index in [1.54, 1.807) is 24.3 Å². The Hall–Kier alpha value is -3.64. The van der Waals surface area contributed by atoms with Gasteiger partial charge in [0, 0.05) is 17.2 Å². The molecule has 2 amide bonds. The number of aromatic hydroxyl groups is 1. The normalized spacial score (nSPS) is 15.5. The van der Waals surface area contributed by atoms with E-state index in [1.165, 1.54) is 0 Å². The minimum absolute atomic E-state index is 0.0596. The number of likely N-dealkylation sites (tertiary alicyclic amines) is 1. The molecule has 6 nitrogen and oxygen atoms in total. The number of carbonyl (C=O) groups excluding carboxylic acids is 2. The molecule has 0 bridgehead atoms. The molecular weight excluding hydrogens is 414 g/mol. The minimum Gasteiger partial charge on any atom is -0.506 e. The van der Waals surface area contributed by atoms with Gasteiger partial charge in [-0.2, -0.15) is 0 Å². The molecule has 1 atom stereocenters. The lowest BCUT2D eigenvalue weighted by Gasteiger charge is -2.34. The van der Waals surface area contributed by atoms with Crippen molar-refractivity contribution >= 4 is 23.2 Å². The van der Waals surface area contributed by atoms with Crippen molar-refractivity contribution < 1.29 is 14.7 Å². The first-order valence-corrected chi connectivity index (χ1v) is 11.3. The highest BCUT2D eigenvalue weighted by Gasteiger charge is 2.30. The van der Waals surface area contributed by atoms with E-state index in [9.17, 15) is 14.7 Å². The fourth-order valence-corrected chi connectivity index (χ4v) is 4.23.